The maximum Gasteiger partial charge on any atom is 0.255 e. The summed E-state index contributed by atoms with van der Waals surface area (Å²) in [7, 11) is 0. The van der Waals surface area contributed by atoms with Gasteiger partial charge in [0.25, 0.3) is 5.91 Å². The fourth-order valence-corrected chi connectivity index (χ4v) is 1.89. The molecule has 0 radical (unpaired) electrons. The van der Waals surface area contributed by atoms with E-state index >= 15 is 0 Å². The zero-order valence-electron chi connectivity index (χ0n) is 10.2. The Kier molecular flexibility index (Phi) is 3.71. The number of carbonyl (C=O) groups is 1. The largest absolute Gasteiger partial charge is 0.399 e. The van der Waals surface area contributed by atoms with Crippen LogP contribution in [-0.4, -0.2) is 5.91 Å². The van der Waals surface area contributed by atoms with Crippen molar-refractivity contribution in [3.05, 3.63) is 58.4 Å². The standard InChI is InChI=1S/C14H12ClFN2O/c1-8-4-9(6-11(17)5-8)14(19)18-13-3-2-10(15)7-12(13)16/h2-7H,17H2,1H3,(H,18,19). The van der Waals surface area contributed by atoms with Gasteiger partial charge in [-0.05, 0) is 48.9 Å². The number of benzene rings is 2. The molecule has 0 aromatic heterocycles. The van der Waals surface area contributed by atoms with Crippen LogP contribution in [0.15, 0.2) is 36.4 Å². The lowest BCUT2D eigenvalue weighted by Gasteiger charge is -2.08. The molecule has 0 fully saturated rings. The van der Waals surface area contributed by atoms with E-state index in [2.05, 4.69) is 5.32 Å². The van der Waals surface area contributed by atoms with E-state index in [1.54, 1.807) is 12.1 Å². The van der Waals surface area contributed by atoms with Crippen molar-refractivity contribution < 1.29 is 9.18 Å². The van der Waals surface area contributed by atoms with E-state index in [0.29, 0.717) is 11.3 Å². The second-order valence-corrected chi connectivity index (χ2v) is 4.65. The third kappa shape index (κ3) is 3.23. The van der Waals surface area contributed by atoms with Crippen LogP contribution in [0.3, 0.4) is 0 Å². The molecule has 1 amide bonds. The molecule has 5 heteroatoms. The Hall–Kier alpha value is -2.07. The number of aryl methyl sites for hydroxylation is 1. The normalized spacial score (nSPS) is 10.3. The van der Waals surface area contributed by atoms with Crippen LogP contribution in [0.4, 0.5) is 15.8 Å². The molecule has 0 unspecified atom stereocenters. The van der Waals surface area contributed by atoms with Crippen LogP contribution in [0.25, 0.3) is 0 Å². The van der Waals surface area contributed by atoms with Gasteiger partial charge < -0.3 is 11.1 Å². The number of hydrogen-bond donors (Lipinski definition) is 2. The topological polar surface area (TPSA) is 55.1 Å². The lowest BCUT2D eigenvalue weighted by atomic mass is 10.1. The molecule has 3 N–H and O–H groups in total. The maximum atomic E-state index is 13.6. The Morgan fingerprint density at radius 2 is 2.00 bits per heavy atom. The molecule has 0 atom stereocenters. The highest BCUT2D eigenvalue weighted by Gasteiger charge is 2.10. The smallest absolute Gasteiger partial charge is 0.255 e. The number of halogens is 2. The zero-order valence-corrected chi connectivity index (χ0v) is 11.0. The Labute approximate surface area is 115 Å². The molecule has 0 saturated carbocycles. The molecule has 0 saturated heterocycles. The predicted octanol–water partition coefficient (Wildman–Crippen LogP) is 3.62. The monoisotopic (exact) mass is 278 g/mol. The van der Waals surface area contributed by atoms with Crippen molar-refractivity contribution in [2.24, 2.45) is 0 Å². The number of nitrogen functional groups attached to an aromatic ring is 1. The highest BCUT2D eigenvalue weighted by atomic mass is 35.5. The van der Waals surface area contributed by atoms with Crippen molar-refractivity contribution in [1.29, 1.82) is 0 Å². The first-order chi connectivity index (χ1) is 8.95. The molecule has 0 aliphatic rings. The van der Waals surface area contributed by atoms with E-state index < -0.39 is 11.7 Å². The minimum atomic E-state index is -0.582. The van der Waals surface area contributed by atoms with Crippen LogP contribution < -0.4 is 11.1 Å². The highest BCUT2D eigenvalue weighted by molar-refractivity contribution is 6.30. The van der Waals surface area contributed by atoms with Crippen LogP contribution in [-0.2, 0) is 0 Å². The van der Waals surface area contributed by atoms with Crippen LogP contribution >= 0.6 is 11.6 Å². The van der Waals surface area contributed by atoms with Gasteiger partial charge in [-0.2, -0.15) is 0 Å². The Balaban J connectivity index is 2.25. The van der Waals surface area contributed by atoms with Crippen molar-refractivity contribution in [2.75, 3.05) is 11.1 Å². The van der Waals surface area contributed by atoms with Gasteiger partial charge >= 0.3 is 0 Å². The molecule has 0 bridgehead atoms. The van der Waals surface area contributed by atoms with Gasteiger partial charge in [-0.1, -0.05) is 11.6 Å². The molecule has 0 spiro atoms. The van der Waals surface area contributed by atoms with Gasteiger partial charge in [0.15, 0.2) is 0 Å². The summed E-state index contributed by atoms with van der Waals surface area (Å²) in [6.07, 6.45) is 0. The minimum absolute atomic E-state index is 0.0782. The Bertz CT molecular complexity index is 623. The Morgan fingerprint density at radius 3 is 2.63 bits per heavy atom. The first kappa shape index (κ1) is 13.4. The minimum Gasteiger partial charge on any atom is -0.399 e. The van der Waals surface area contributed by atoms with Crippen molar-refractivity contribution >= 4 is 28.9 Å². The van der Waals surface area contributed by atoms with Crippen molar-refractivity contribution in [1.82, 2.24) is 0 Å². The number of rotatable bonds is 2. The molecular weight excluding hydrogens is 267 g/mol. The molecule has 0 heterocycles. The average molecular weight is 279 g/mol. The summed E-state index contributed by atoms with van der Waals surface area (Å²) in [5.74, 6) is -1.00. The van der Waals surface area contributed by atoms with Gasteiger partial charge in [0.1, 0.15) is 5.82 Å². The summed E-state index contributed by atoms with van der Waals surface area (Å²) in [5, 5.41) is 2.75. The molecule has 0 aliphatic heterocycles. The second kappa shape index (κ2) is 5.28. The number of carbonyl (C=O) groups excluding carboxylic acids is 1. The number of hydrogen-bond acceptors (Lipinski definition) is 2. The number of anilines is 2. The highest BCUT2D eigenvalue weighted by Crippen LogP contribution is 2.20. The fraction of sp³-hybridized carbons (Fsp3) is 0.0714. The van der Waals surface area contributed by atoms with Gasteiger partial charge in [-0.15, -0.1) is 0 Å². The molecular formula is C14H12ClFN2O. The summed E-state index contributed by atoms with van der Waals surface area (Å²) in [6.45, 7) is 1.83. The van der Waals surface area contributed by atoms with Crippen LogP contribution in [0.1, 0.15) is 15.9 Å². The SMILES string of the molecule is Cc1cc(N)cc(C(=O)Nc2ccc(Cl)cc2F)c1. The average Bonchev–Trinajstić information content (AvgIpc) is 2.31. The number of amides is 1. The lowest BCUT2D eigenvalue weighted by molar-refractivity contribution is 0.102. The van der Waals surface area contributed by atoms with Crippen molar-refractivity contribution in [2.45, 2.75) is 6.92 Å². The fourth-order valence-electron chi connectivity index (χ4n) is 1.73. The molecule has 2 aromatic carbocycles. The molecule has 19 heavy (non-hydrogen) atoms. The third-order valence-electron chi connectivity index (χ3n) is 2.54. The summed E-state index contributed by atoms with van der Waals surface area (Å²) in [5.41, 5.74) is 7.48. The summed E-state index contributed by atoms with van der Waals surface area (Å²) in [6, 6.07) is 9.02. The molecule has 98 valence electrons. The summed E-state index contributed by atoms with van der Waals surface area (Å²) >= 11 is 5.64. The van der Waals surface area contributed by atoms with Crippen LogP contribution in [0.2, 0.25) is 5.02 Å². The van der Waals surface area contributed by atoms with Crippen LogP contribution in [0.5, 0.6) is 0 Å². The van der Waals surface area contributed by atoms with Crippen LogP contribution in [0, 0.1) is 12.7 Å². The van der Waals surface area contributed by atoms with Gasteiger partial charge in [0, 0.05) is 16.3 Å². The molecule has 0 aliphatic carbocycles. The van der Waals surface area contributed by atoms with Gasteiger partial charge in [0.05, 0.1) is 5.69 Å². The molecule has 2 aromatic rings. The first-order valence-corrected chi connectivity index (χ1v) is 5.97. The third-order valence-corrected chi connectivity index (χ3v) is 2.78. The molecule has 2 rings (SSSR count). The summed E-state index contributed by atoms with van der Waals surface area (Å²) < 4.78 is 13.6. The van der Waals surface area contributed by atoms with E-state index in [0.717, 1.165) is 11.6 Å². The zero-order chi connectivity index (χ0) is 14.0. The van der Waals surface area contributed by atoms with E-state index in [1.165, 1.54) is 18.2 Å². The van der Waals surface area contributed by atoms with Crippen molar-refractivity contribution in [3.8, 4) is 0 Å². The van der Waals surface area contributed by atoms with Gasteiger partial charge in [-0.3, -0.25) is 4.79 Å². The van der Waals surface area contributed by atoms with E-state index in [4.69, 9.17) is 17.3 Å². The lowest BCUT2D eigenvalue weighted by Crippen LogP contribution is -2.13. The second-order valence-electron chi connectivity index (χ2n) is 4.21. The van der Waals surface area contributed by atoms with E-state index in [-0.39, 0.29) is 10.7 Å². The van der Waals surface area contributed by atoms with Gasteiger partial charge in [-0.25, -0.2) is 4.39 Å². The maximum absolute atomic E-state index is 13.6. The summed E-state index contributed by atoms with van der Waals surface area (Å²) in [4.78, 5) is 12.0. The van der Waals surface area contributed by atoms with E-state index in [1.807, 2.05) is 6.92 Å². The van der Waals surface area contributed by atoms with E-state index in [9.17, 15) is 9.18 Å². The number of nitrogens with two attached hydrogens (primary N) is 1. The Morgan fingerprint density at radius 1 is 1.26 bits per heavy atom. The first-order valence-electron chi connectivity index (χ1n) is 5.59. The van der Waals surface area contributed by atoms with Gasteiger partial charge in [0.2, 0.25) is 0 Å². The predicted molar refractivity (Wildman–Crippen MR) is 75.0 cm³/mol. The number of nitrogens with one attached hydrogen (secondary N) is 1. The quantitative estimate of drug-likeness (QED) is 0.824. The van der Waals surface area contributed by atoms with Crippen molar-refractivity contribution in [3.63, 3.8) is 0 Å². The molecule has 3 nitrogen and oxygen atoms in total.